The fourth-order valence-electron chi connectivity index (χ4n) is 3.25. The SMILES string of the molecule is Cc1nn(Cc2nc3ccccc3c3ccccc23)c(=O)c(C#N)c1C. The van der Waals surface area contributed by atoms with Crippen molar-refractivity contribution >= 4 is 21.7 Å². The Kier molecular flexibility index (Phi) is 3.74. The van der Waals surface area contributed by atoms with Gasteiger partial charge in [-0.1, -0.05) is 42.5 Å². The van der Waals surface area contributed by atoms with Gasteiger partial charge in [0.15, 0.2) is 0 Å². The van der Waals surface area contributed by atoms with Gasteiger partial charge in [0.25, 0.3) is 5.56 Å². The van der Waals surface area contributed by atoms with Gasteiger partial charge in [0.2, 0.25) is 0 Å². The van der Waals surface area contributed by atoms with Crippen molar-refractivity contribution in [3.63, 3.8) is 0 Å². The first-order chi connectivity index (χ1) is 12.6. The largest absolute Gasteiger partial charge is 0.285 e. The lowest BCUT2D eigenvalue weighted by Gasteiger charge is -2.12. The number of aromatic nitrogens is 3. The van der Waals surface area contributed by atoms with Gasteiger partial charge in [-0.25, -0.2) is 4.68 Å². The van der Waals surface area contributed by atoms with Crippen LogP contribution < -0.4 is 5.56 Å². The van der Waals surface area contributed by atoms with Crippen molar-refractivity contribution in [1.29, 1.82) is 5.26 Å². The van der Waals surface area contributed by atoms with Crippen molar-refractivity contribution in [2.45, 2.75) is 20.4 Å². The predicted octanol–water partition coefficient (Wildman–Crippen LogP) is 3.48. The molecule has 26 heavy (non-hydrogen) atoms. The number of para-hydroxylation sites is 1. The molecule has 2 heterocycles. The highest BCUT2D eigenvalue weighted by Gasteiger charge is 2.14. The molecule has 0 N–H and O–H groups in total. The zero-order valence-electron chi connectivity index (χ0n) is 14.5. The first-order valence-corrected chi connectivity index (χ1v) is 8.35. The minimum absolute atomic E-state index is 0.141. The minimum Gasteiger partial charge on any atom is -0.266 e. The number of hydrogen-bond acceptors (Lipinski definition) is 4. The topological polar surface area (TPSA) is 71.6 Å². The van der Waals surface area contributed by atoms with Crippen LogP contribution in [0, 0.1) is 25.2 Å². The highest BCUT2D eigenvalue weighted by atomic mass is 16.1. The quantitative estimate of drug-likeness (QED) is 0.524. The van der Waals surface area contributed by atoms with Gasteiger partial charge in [-0.05, 0) is 30.9 Å². The van der Waals surface area contributed by atoms with Crippen molar-refractivity contribution in [3.8, 4) is 6.07 Å². The van der Waals surface area contributed by atoms with Crippen LogP contribution in [0.25, 0.3) is 21.7 Å². The van der Waals surface area contributed by atoms with Gasteiger partial charge < -0.3 is 0 Å². The number of hydrogen-bond donors (Lipinski definition) is 0. The van der Waals surface area contributed by atoms with Gasteiger partial charge in [-0.2, -0.15) is 10.4 Å². The monoisotopic (exact) mass is 340 g/mol. The molecule has 0 aliphatic rings. The molecule has 5 heteroatoms. The first-order valence-electron chi connectivity index (χ1n) is 8.35. The molecule has 0 bridgehead atoms. The second-order valence-corrected chi connectivity index (χ2v) is 6.28. The zero-order valence-corrected chi connectivity index (χ0v) is 14.5. The lowest BCUT2D eigenvalue weighted by Crippen LogP contribution is -2.28. The number of rotatable bonds is 2. The molecule has 0 saturated carbocycles. The van der Waals surface area contributed by atoms with E-state index in [4.69, 9.17) is 4.98 Å². The lowest BCUT2D eigenvalue weighted by molar-refractivity contribution is 0.617. The third-order valence-electron chi connectivity index (χ3n) is 4.74. The maximum Gasteiger partial charge on any atom is 0.285 e. The van der Waals surface area contributed by atoms with E-state index in [0.717, 1.165) is 27.4 Å². The Morgan fingerprint density at radius 3 is 2.38 bits per heavy atom. The maximum absolute atomic E-state index is 12.6. The van der Waals surface area contributed by atoms with Gasteiger partial charge >= 0.3 is 0 Å². The number of nitrogens with zero attached hydrogens (tertiary/aromatic N) is 4. The second-order valence-electron chi connectivity index (χ2n) is 6.28. The third-order valence-corrected chi connectivity index (χ3v) is 4.74. The second kappa shape index (κ2) is 6.08. The highest BCUT2D eigenvalue weighted by Crippen LogP contribution is 2.26. The maximum atomic E-state index is 12.6. The molecule has 0 aliphatic carbocycles. The number of aryl methyl sites for hydroxylation is 1. The molecule has 0 saturated heterocycles. The molecule has 0 amide bonds. The normalized spacial score (nSPS) is 11.0. The first kappa shape index (κ1) is 16.0. The molecule has 2 aromatic heterocycles. The van der Waals surface area contributed by atoms with Crippen LogP contribution in [0.2, 0.25) is 0 Å². The van der Waals surface area contributed by atoms with Gasteiger partial charge in [0.05, 0.1) is 23.4 Å². The molecule has 0 aliphatic heterocycles. The summed E-state index contributed by atoms with van der Waals surface area (Å²) in [6, 6.07) is 18.0. The highest BCUT2D eigenvalue weighted by molar-refractivity contribution is 6.06. The molecule has 5 nitrogen and oxygen atoms in total. The van der Waals surface area contributed by atoms with E-state index in [1.807, 2.05) is 48.5 Å². The lowest BCUT2D eigenvalue weighted by atomic mass is 10.0. The summed E-state index contributed by atoms with van der Waals surface area (Å²) in [7, 11) is 0. The summed E-state index contributed by atoms with van der Waals surface area (Å²) in [5.74, 6) is 0. The van der Waals surface area contributed by atoms with Crippen molar-refractivity contribution in [1.82, 2.24) is 14.8 Å². The molecule has 0 spiro atoms. The standard InChI is InChI=1S/C21H16N4O/c1-13-14(2)24-25(21(26)18(13)11-22)12-20-17-9-4-3-7-15(17)16-8-5-6-10-19(16)23-20/h3-10H,12H2,1-2H3. The van der Waals surface area contributed by atoms with Gasteiger partial charge in [-0.3, -0.25) is 9.78 Å². The van der Waals surface area contributed by atoms with Crippen LogP contribution in [-0.4, -0.2) is 14.8 Å². The summed E-state index contributed by atoms with van der Waals surface area (Å²) in [4.78, 5) is 17.4. The van der Waals surface area contributed by atoms with Gasteiger partial charge in [-0.15, -0.1) is 0 Å². The van der Waals surface area contributed by atoms with Crippen molar-refractivity contribution in [2.75, 3.05) is 0 Å². The zero-order chi connectivity index (χ0) is 18.3. The number of benzene rings is 2. The van der Waals surface area contributed by atoms with Crippen LogP contribution in [0.4, 0.5) is 0 Å². The van der Waals surface area contributed by atoms with Crippen molar-refractivity contribution in [3.05, 3.63) is 81.4 Å². The predicted molar refractivity (Wildman–Crippen MR) is 101 cm³/mol. The molecular weight excluding hydrogens is 324 g/mol. The molecule has 4 rings (SSSR count). The van der Waals surface area contributed by atoms with Crippen LogP contribution >= 0.6 is 0 Å². The molecule has 2 aromatic carbocycles. The summed E-state index contributed by atoms with van der Waals surface area (Å²) < 4.78 is 1.34. The summed E-state index contributed by atoms with van der Waals surface area (Å²) in [6.45, 7) is 3.77. The fraction of sp³-hybridized carbons (Fsp3) is 0.143. The van der Waals surface area contributed by atoms with Crippen molar-refractivity contribution in [2.24, 2.45) is 0 Å². The van der Waals surface area contributed by atoms with E-state index in [-0.39, 0.29) is 17.7 Å². The van der Waals surface area contributed by atoms with E-state index >= 15 is 0 Å². The summed E-state index contributed by atoms with van der Waals surface area (Å²) in [6.07, 6.45) is 0. The van der Waals surface area contributed by atoms with E-state index < -0.39 is 0 Å². The molecular formula is C21H16N4O. The van der Waals surface area contributed by atoms with Crippen molar-refractivity contribution < 1.29 is 0 Å². The van der Waals surface area contributed by atoms with E-state index in [1.54, 1.807) is 13.8 Å². The summed E-state index contributed by atoms with van der Waals surface area (Å²) in [5, 5.41) is 16.8. The Hall–Kier alpha value is -3.52. The van der Waals surface area contributed by atoms with Crippen LogP contribution in [0.1, 0.15) is 22.5 Å². The van der Waals surface area contributed by atoms with Crippen LogP contribution in [0.5, 0.6) is 0 Å². The van der Waals surface area contributed by atoms with E-state index in [2.05, 4.69) is 11.2 Å². The van der Waals surface area contributed by atoms with Gasteiger partial charge in [0.1, 0.15) is 11.6 Å². The molecule has 0 atom stereocenters. The number of fused-ring (bicyclic) bond motifs is 3. The van der Waals surface area contributed by atoms with E-state index in [0.29, 0.717) is 11.3 Å². The smallest absolute Gasteiger partial charge is 0.266 e. The third kappa shape index (κ3) is 2.44. The Morgan fingerprint density at radius 2 is 1.65 bits per heavy atom. The Morgan fingerprint density at radius 1 is 1.00 bits per heavy atom. The number of nitriles is 1. The molecule has 126 valence electrons. The van der Waals surface area contributed by atoms with E-state index in [9.17, 15) is 10.1 Å². The molecule has 0 unspecified atom stereocenters. The molecule has 4 aromatic rings. The average molecular weight is 340 g/mol. The van der Waals surface area contributed by atoms with Crippen LogP contribution in [0.3, 0.4) is 0 Å². The average Bonchev–Trinajstić information content (AvgIpc) is 2.67. The molecule has 0 fully saturated rings. The summed E-state index contributed by atoms with van der Waals surface area (Å²) >= 11 is 0. The summed E-state index contributed by atoms with van der Waals surface area (Å²) in [5.41, 5.74) is 2.70. The Labute approximate surface area is 150 Å². The van der Waals surface area contributed by atoms with Crippen LogP contribution in [0.15, 0.2) is 53.3 Å². The minimum atomic E-state index is -0.380. The Balaban J connectivity index is 1.98. The van der Waals surface area contributed by atoms with E-state index in [1.165, 1.54) is 4.68 Å². The molecule has 0 radical (unpaired) electrons. The van der Waals surface area contributed by atoms with Gasteiger partial charge in [0, 0.05) is 10.8 Å². The fourth-order valence-corrected chi connectivity index (χ4v) is 3.25. The number of pyridine rings is 1. The van der Waals surface area contributed by atoms with Crippen LogP contribution in [-0.2, 0) is 6.54 Å². The Bertz CT molecular complexity index is 1260.